The third-order valence-corrected chi connectivity index (χ3v) is 4.96. The van der Waals surface area contributed by atoms with Crippen LogP contribution < -0.4 is 10.6 Å². The maximum absolute atomic E-state index is 5.30. The van der Waals surface area contributed by atoms with E-state index < -0.39 is 0 Å². The minimum atomic E-state index is 0.285. The first-order chi connectivity index (χ1) is 10.8. The van der Waals surface area contributed by atoms with E-state index in [1.165, 1.54) is 21.3 Å². The Bertz CT molecular complexity index is 746. The van der Waals surface area contributed by atoms with E-state index in [1.54, 1.807) is 11.3 Å². The summed E-state index contributed by atoms with van der Waals surface area (Å²) in [7, 11) is 0. The van der Waals surface area contributed by atoms with E-state index in [1.807, 2.05) is 6.92 Å². The summed E-state index contributed by atoms with van der Waals surface area (Å²) in [6.45, 7) is 3.67. The molecule has 0 saturated carbocycles. The third-order valence-electron chi connectivity index (χ3n) is 3.69. The van der Waals surface area contributed by atoms with Crippen molar-refractivity contribution in [1.82, 2.24) is 15.6 Å². The summed E-state index contributed by atoms with van der Waals surface area (Å²) >= 11 is 7.08. The highest BCUT2D eigenvalue weighted by Crippen LogP contribution is 2.32. The van der Waals surface area contributed by atoms with Gasteiger partial charge in [0.25, 0.3) is 0 Å². The smallest absolute Gasteiger partial charge is 0.166 e. The van der Waals surface area contributed by atoms with Crippen molar-refractivity contribution in [3.63, 3.8) is 0 Å². The average molecular weight is 329 g/mol. The van der Waals surface area contributed by atoms with Gasteiger partial charge in [0.05, 0.1) is 0 Å². The number of hydrogen-bond acceptors (Lipinski definition) is 2. The van der Waals surface area contributed by atoms with Crippen molar-refractivity contribution in [2.24, 2.45) is 0 Å². The highest BCUT2D eigenvalue weighted by molar-refractivity contribution is 7.80. The van der Waals surface area contributed by atoms with Crippen LogP contribution in [0.15, 0.2) is 48.0 Å². The Labute approximate surface area is 139 Å². The number of hydrogen-bond donors (Lipinski definition) is 3. The number of rotatable bonds is 5. The fourth-order valence-electron chi connectivity index (χ4n) is 2.65. The third kappa shape index (κ3) is 3.15. The van der Waals surface area contributed by atoms with Crippen LogP contribution in [0.5, 0.6) is 0 Å². The van der Waals surface area contributed by atoms with Gasteiger partial charge in [-0.1, -0.05) is 24.3 Å². The molecule has 3 nitrogen and oxygen atoms in total. The van der Waals surface area contributed by atoms with Gasteiger partial charge in [-0.3, -0.25) is 0 Å². The van der Waals surface area contributed by atoms with Crippen molar-refractivity contribution < 1.29 is 0 Å². The van der Waals surface area contributed by atoms with Gasteiger partial charge in [-0.2, -0.15) is 0 Å². The summed E-state index contributed by atoms with van der Waals surface area (Å²) in [6, 6.07) is 12.7. The number of benzene rings is 1. The van der Waals surface area contributed by atoms with Crippen molar-refractivity contribution >= 4 is 39.6 Å². The monoisotopic (exact) mass is 329 g/mol. The molecule has 3 N–H and O–H groups in total. The molecule has 0 amide bonds. The van der Waals surface area contributed by atoms with Gasteiger partial charge in [-0.25, -0.2) is 0 Å². The topological polar surface area (TPSA) is 39.8 Å². The molecule has 0 aliphatic heterocycles. The van der Waals surface area contributed by atoms with E-state index in [-0.39, 0.29) is 5.92 Å². The zero-order valence-electron chi connectivity index (χ0n) is 12.4. The zero-order valence-corrected chi connectivity index (χ0v) is 14.1. The summed E-state index contributed by atoms with van der Waals surface area (Å²) in [5.74, 6) is 0.285. The largest absolute Gasteiger partial charge is 0.363 e. The van der Waals surface area contributed by atoms with Gasteiger partial charge in [0, 0.05) is 41.0 Å². The van der Waals surface area contributed by atoms with Crippen LogP contribution in [0, 0.1) is 0 Å². The van der Waals surface area contributed by atoms with Crippen LogP contribution in [0.25, 0.3) is 10.9 Å². The predicted octanol–water partition coefficient (Wildman–Crippen LogP) is 3.85. The zero-order chi connectivity index (χ0) is 15.4. The number of nitrogens with one attached hydrogen (secondary N) is 3. The Hall–Kier alpha value is -1.85. The molecular weight excluding hydrogens is 310 g/mol. The number of fused-ring (bicyclic) bond motifs is 1. The highest BCUT2D eigenvalue weighted by Gasteiger charge is 2.19. The van der Waals surface area contributed by atoms with Crippen molar-refractivity contribution in [1.29, 1.82) is 0 Å². The number of aromatic nitrogens is 1. The summed E-state index contributed by atoms with van der Waals surface area (Å²) in [5, 5.41) is 10.6. The summed E-state index contributed by atoms with van der Waals surface area (Å²) < 4.78 is 0. The number of para-hydroxylation sites is 1. The highest BCUT2D eigenvalue weighted by atomic mass is 32.1. The first-order valence-corrected chi connectivity index (χ1v) is 8.69. The minimum absolute atomic E-state index is 0.285. The maximum Gasteiger partial charge on any atom is 0.166 e. The van der Waals surface area contributed by atoms with Gasteiger partial charge in [0.1, 0.15) is 0 Å². The van der Waals surface area contributed by atoms with Crippen LogP contribution in [0.3, 0.4) is 0 Å². The lowest BCUT2D eigenvalue weighted by Crippen LogP contribution is -2.37. The quantitative estimate of drug-likeness (QED) is 0.623. The van der Waals surface area contributed by atoms with Gasteiger partial charge in [0.2, 0.25) is 0 Å². The van der Waals surface area contributed by atoms with E-state index >= 15 is 0 Å². The molecule has 2 heterocycles. The van der Waals surface area contributed by atoms with Crippen LogP contribution in [0.2, 0.25) is 0 Å². The van der Waals surface area contributed by atoms with E-state index in [0.29, 0.717) is 5.11 Å². The number of H-pyrrole nitrogens is 1. The Balaban J connectivity index is 1.90. The van der Waals surface area contributed by atoms with Crippen LogP contribution in [-0.2, 0) is 0 Å². The summed E-state index contributed by atoms with van der Waals surface area (Å²) in [6.07, 6.45) is 2.12. The van der Waals surface area contributed by atoms with Crippen molar-refractivity contribution in [3.05, 3.63) is 58.4 Å². The molecule has 3 rings (SSSR count). The van der Waals surface area contributed by atoms with E-state index in [9.17, 15) is 0 Å². The van der Waals surface area contributed by atoms with Gasteiger partial charge in [-0.15, -0.1) is 11.3 Å². The van der Waals surface area contributed by atoms with Crippen molar-refractivity contribution in [3.8, 4) is 0 Å². The molecule has 0 spiro atoms. The molecule has 2 aromatic heterocycles. The molecule has 1 aromatic carbocycles. The molecule has 0 aliphatic rings. The number of aromatic amines is 1. The van der Waals surface area contributed by atoms with Crippen LogP contribution >= 0.6 is 23.6 Å². The fourth-order valence-corrected chi connectivity index (χ4v) is 3.73. The first kappa shape index (κ1) is 15.1. The molecule has 0 bridgehead atoms. The first-order valence-electron chi connectivity index (χ1n) is 7.40. The van der Waals surface area contributed by atoms with E-state index in [4.69, 9.17) is 12.2 Å². The van der Waals surface area contributed by atoms with E-state index in [0.717, 1.165) is 13.1 Å². The lowest BCUT2D eigenvalue weighted by Gasteiger charge is -2.17. The van der Waals surface area contributed by atoms with Crippen molar-refractivity contribution in [2.45, 2.75) is 12.8 Å². The van der Waals surface area contributed by atoms with Crippen LogP contribution in [-0.4, -0.2) is 23.2 Å². The molecule has 5 heteroatoms. The standard InChI is InChI=1S/C17H19N3S2/c1-2-18-17(21)20-11-14(16-8-5-9-22-16)13-10-19-15-7-4-3-6-12(13)15/h3-10,14,19H,2,11H2,1H3,(H2,18,20,21). The summed E-state index contributed by atoms with van der Waals surface area (Å²) in [4.78, 5) is 4.72. The second-order valence-electron chi connectivity index (χ2n) is 5.10. The molecule has 0 aliphatic carbocycles. The van der Waals surface area contributed by atoms with Crippen LogP contribution in [0.4, 0.5) is 0 Å². The second-order valence-corrected chi connectivity index (χ2v) is 6.49. The molecule has 1 atom stereocenters. The Morgan fingerprint density at radius 1 is 1.23 bits per heavy atom. The molecular formula is C17H19N3S2. The van der Waals surface area contributed by atoms with Gasteiger partial charge in [-0.05, 0) is 42.2 Å². The molecule has 22 heavy (non-hydrogen) atoms. The molecule has 0 fully saturated rings. The molecule has 3 aromatic rings. The summed E-state index contributed by atoms with van der Waals surface area (Å²) in [5.41, 5.74) is 2.48. The van der Waals surface area contributed by atoms with Gasteiger partial charge in [0.15, 0.2) is 5.11 Å². The van der Waals surface area contributed by atoms with Gasteiger partial charge < -0.3 is 15.6 Å². The normalized spacial score (nSPS) is 12.2. The maximum atomic E-state index is 5.30. The van der Waals surface area contributed by atoms with Gasteiger partial charge >= 0.3 is 0 Å². The second kappa shape index (κ2) is 6.94. The number of thiophene rings is 1. The van der Waals surface area contributed by atoms with Crippen molar-refractivity contribution in [2.75, 3.05) is 13.1 Å². The SMILES string of the molecule is CCNC(=S)NCC(c1cccs1)c1c[nH]c2ccccc12. The lowest BCUT2D eigenvalue weighted by molar-refractivity contribution is 0.758. The number of thiocarbonyl (C=S) groups is 1. The Morgan fingerprint density at radius 2 is 2.09 bits per heavy atom. The lowest BCUT2D eigenvalue weighted by atomic mass is 9.97. The van der Waals surface area contributed by atoms with E-state index in [2.05, 4.69) is 63.6 Å². The van der Waals surface area contributed by atoms with Crippen LogP contribution in [0.1, 0.15) is 23.3 Å². The predicted molar refractivity (Wildman–Crippen MR) is 98.7 cm³/mol. The average Bonchev–Trinajstić information content (AvgIpc) is 3.18. The molecule has 114 valence electrons. The molecule has 0 radical (unpaired) electrons. The fraction of sp³-hybridized carbons (Fsp3) is 0.235. The molecule has 0 saturated heterocycles. The Kier molecular flexibility index (Phi) is 4.75. The Morgan fingerprint density at radius 3 is 2.86 bits per heavy atom. The molecule has 1 unspecified atom stereocenters. The minimum Gasteiger partial charge on any atom is -0.363 e.